The zero-order chi connectivity index (χ0) is 15.7. The van der Waals surface area contributed by atoms with Crippen LogP contribution in [-0.2, 0) is 11.3 Å². The number of likely N-dealkylation sites (tertiary alicyclic amines) is 1. The van der Waals surface area contributed by atoms with Gasteiger partial charge >= 0.3 is 0 Å². The van der Waals surface area contributed by atoms with Crippen LogP contribution in [0.4, 0.5) is 0 Å². The third-order valence-corrected chi connectivity index (χ3v) is 6.08. The van der Waals surface area contributed by atoms with E-state index in [2.05, 4.69) is 38.8 Å². The molecular formula is C17H20BrClN2O. The van der Waals surface area contributed by atoms with Crippen molar-refractivity contribution in [1.29, 1.82) is 0 Å². The summed E-state index contributed by atoms with van der Waals surface area (Å²) in [7, 11) is 0. The lowest BCUT2D eigenvalue weighted by Crippen LogP contribution is -2.37. The summed E-state index contributed by atoms with van der Waals surface area (Å²) >= 11 is 9.71. The van der Waals surface area contributed by atoms with Crippen LogP contribution < -0.4 is 0 Å². The largest absolute Gasteiger partial charge is 0.347 e. The van der Waals surface area contributed by atoms with Crippen LogP contribution in [0.1, 0.15) is 26.2 Å². The highest BCUT2D eigenvalue weighted by molar-refractivity contribution is 9.10. The molecule has 118 valence electrons. The highest BCUT2D eigenvalue weighted by Crippen LogP contribution is 2.32. The zero-order valence-electron chi connectivity index (χ0n) is 12.7. The smallest absolute Gasteiger partial charge is 0.219 e. The van der Waals surface area contributed by atoms with Gasteiger partial charge in [-0.3, -0.25) is 4.79 Å². The summed E-state index contributed by atoms with van der Waals surface area (Å²) in [4.78, 5) is 13.3. The minimum atomic E-state index is 0.205. The highest BCUT2D eigenvalue weighted by atomic mass is 79.9. The van der Waals surface area contributed by atoms with Crippen molar-refractivity contribution in [2.75, 3.05) is 13.1 Å². The summed E-state index contributed by atoms with van der Waals surface area (Å²) in [6.07, 6.45) is 5.54. The normalized spacial score (nSPS) is 16.4. The average Bonchev–Trinajstić information content (AvgIpc) is 2.93. The number of benzene rings is 1. The van der Waals surface area contributed by atoms with Gasteiger partial charge in [0, 0.05) is 48.1 Å². The van der Waals surface area contributed by atoms with Gasteiger partial charge in [-0.15, -0.1) is 0 Å². The molecule has 2 heterocycles. The molecule has 0 aliphatic carbocycles. The first-order valence-electron chi connectivity index (χ1n) is 7.74. The number of aryl methyl sites for hydroxylation is 1. The Morgan fingerprint density at radius 3 is 2.73 bits per heavy atom. The molecule has 5 heteroatoms. The van der Waals surface area contributed by atoms with Gasteiger partial charge in [0.2, 0.25) is 5.91 Å². The Hall–Kier alpha value is -1.00. The molecule has 0 unspecified atom stereocenters. The van der Waals surface area contributed by atoms with Crippen LogP contribution in [0.25, 0.3) is 10.9 Å². The quantitative estimate of drug-likeness (QED) is 0.754. The number of carbonyl (C=O) groups excluding carboxylic acids is 1. The fraction of sp³-hybridized carbons (Fsp3) is 0.471. The van der Waals surface area contributed by atoms with E-state index in [9.17, 15) is 4.79 Å². The Morgan fingerprint density at radius 1 is 1.32 bits per heavy atom. The first-order valence-corrected chi connectivity index (χ1v) is 8.91. The molecule has 0 N–H and O–H groups in total. The monoisotopic (exact) mass is 382 g/mol. The molecule has 1 aliphatic heterocycles. The van der Waals surface area contributed by atoms with Gasteiger partial charge in [-0.1, -0.05) is 11.6 Å². The summed E-state index contributed by atoms with van der Waals surface area (Å²) in [5.41, 5.74) is 1.22. The van der Waals surface area contributed by atoms with Crippen LogP contribution in [0, 0.1) is 5.92 Å². The summed E-state index contributed by atoms with van der Waals surface area (Å²) < 4.78 is 3.27. The van der Waals surface area contributed by atoms with Crippen LogP contribution in [0.5, 0.6) is 0 Å². The topological polar surface area (TPSA) is 25.2 Å². The molecule has 3 nitrogen and oxygen atoms in total. The molecule has 1 aromatic carbocycles. The SMILES string of the molecule is CC(=O)N1CCC(CCn2ccc3c(Br)c(Cl)ccc32)CC1. The molecule has 1 fully saturated rings. The number of rotatable bonds is 3. The predicted octanol–water partition coefficient (Wildman–Crippen LogP) is 4.71. The lowest BCUT2D eigenvalue weighted by atomic mass is 9.93. The van der Waals surface area contributed by atoms with Crippen molar-refractivity contribution in [3.8, 4) is 0 Å². The number of carbonyl (C=O) groups is 1. The molecule has 3 rings (SSSR count). The van der Waals surface area contributed by atoms with Crippen molar-refractivity contribution in [2.45, 2.75) is 32.7 Å². The van der Waals surface area contributed by atoms with Crippen molar-refractivity contribution in [1.82, 2.24) is 9.47 Å². The standard InChI is InChI=1S/C17H20BrClN2O/c1-12(22)20-8-4-13(5-9-20)6-10-21-11-7-14-16(21)3-2-15(19)17(14)18/h2-3,7,11,13H,4-6,8-10H2,1H3. The van der Waals surface area contributed by atoms with Crippen LogP contribution in [0.15, 0.2) is 28.9 Å². The number of fused-ring (bicyclic) bond motifs is 1. The van der Waals surface area contributed by atoms with E-state index in [0.29, 0.717) is 5.92 Å². The molecule has 0 spiro atoms. The molecule has 0 radical (unpaired) electrons. The molecule has 1 saturated heterocycles. The lowest BCUT2D eigenvalue weighted by molar-refractivity contribution is -0.130. The Labute approximate surface area is 144 Å². The summed E-state index contributed by atoms with van der Waals surface area (Å²) in [5.74, 6) is 0.917. The van der Waals surface area contributed by atoms with Crippen molar-refractivity contribution in [3.05, 3.63) is 33.9 Å². The summed E-state index contributed by atoms with van der Waals surface area (Å²) in [6, 6.07) is 6.14. The van der Waals surface area contributed by atoms with Crippen molar-refractivity contribution in [2.24, 2.45) is 5.92 Å². The van der Waals surface area contributed by atoms with Crippen LogP contribution >= 0.6 is 27.5 Å². The second-order valence-electron chi connectivity index (χ2n) is 6.04. The minimum absolute atomic E-state index is 0.205. The van der Waals surface area contributed by atoms with Gasteiger partial charge in [-0.05, 0) is 59.3 Å². The Balaban J connectivity index is 1.63. The molecule has 0 bridgehead atoms. The first-order chi connectivity index (χ1) is 10.6. The van der Waals surface area contributed by atoms with Gasteiger partial charge in [0.1, 0.15) is 0 Å². The number of hydrogen-bond acceptors (Lipinski definition) is 1. The first kappa shape index (κ1) is 15.9. The van der Waals surface area contributed by atoms with E-state index < -0.39 is 0 Å². The van der Waals surface area contributed by atoms with Gasteiger partial charge in [-0.2, -0.15) is 0 Å². The number of piperidine rings is 1. The Morgan fingerprint density at radius 2 is 2.05 bits per heavy atom. The maximum absolute atomic E-state index is 11.4. The highest BCUT2D eigenvalue weighted by Gasteiger charge is 2.20. The van der Waals surface area contributed by atoms with E-state index in [0.717, 1.165) is 48.4 Å². The summed E-state index contributed by atoms with van der Waals surface area (Å²) in [6.45, 7) is 4.50. The number of nitrogens with zero attached hydrogens (tertiary/aromatic N) is 2. The van der Waals surface area contributed by atoms with Crippen molar-refractivity contribution >= 4 is 44.3 Å². The number of hydrogen-bond donors (Lipinski definition) is 0. The predicted molar refractivity (Wildman–Crippen MR) is 94.2 cm³/mol. The van der Waals surface area contributed by atoms with E-state index in [1.165, 1.54) is 10.9 Å². The van der Waals surface area contributed by atoms with Gasteiger partial charge in [0.15, 0.2) is 0 Å². The average molecular weight is 384 g/mol. The second-order valence-corrected chi connectivity index (χ2v) is 7.24. The fourth-order valence-corrected chi connectivity index (χ4v) is 3.90. The lowest BCUT2D eigenvalue weighted by Gasteiger charge is -2.31. The third kappa shape index (κ3) is 3.18. The van der Waals surface area contributed by atoms with Crippen molar-refractivity contribution in [3.63, 3.8) is 0 Å². The molecule has 0 saturated carbocycles. The Kier molecular flexibility index (Phi) is 4.79. The number of aromatic nitrogens is 1. The molecule has 1 aromatic heterocycles. The minimum Gasteiger partial charge on any atom is -0.347 e. The zero-order valence-corrected chi connectivity index (χ0v) is 15.0. The Bertz CT molecular complexity index is 689. The number of halogens is 2. The van der Waals surface area contributed by atoms with E-state index in [1.807, 2.05) is 11.0 Å². The van der Waals surface area contributed by atoms with Crippen LogP contribution in [0.2, 0.25) is 5.02 Å². The summed E-state index contributed by atoms with van der Waals surface area (Å²) in [5, 5.41) is 1.92. The van der Waals surface area contributed by atoms with E-state index in [-0.39, 0.29) is 5.91 Å². The fourth-order valence-electron chi connectivity index (χ4n) is 3.26. The van der Waals surface area contributed by atoms with Gasteiger partial charge in [0.25, 0.3) is 0 Å². The maximum atomic E-state index is 11.4. The van der Waals surface area contributed by atoms with Gasteiger partial charge in [0.05, 0.1) is 5.02 Å². The molecule has 2 aromatic rings. The molecule has 0 atom stereocenters. The second kappa shape index (κ2) is 6.63. The van der Waals surface area contributed by atoms with Crippen LogP contribution in [0.3, 0.4) is 0 Å². The number of amides is 1. The van der Waals surface area contributed by atoms with E-state index in [4.69, 9.17) is 11.6 Å². The third-order valence-electron chi connectivity index (χ3n) is 4.68. The molecule has 1 aliphatic rings. The van der Waals surface area contributed by atoms with E-state index >= 15 is 0 Å². The van der Waals surface area contributed by atoms with Crippen molar-refractivity contribution < 1.29 is 4.79 Å². The molecule has 1 amide bonds. The molecule has 22 heavy (non-hydrogen) atoms. The van der Waals surface area contributed by atoms with Crippen LogP contribution in [-0.4, -0.2) is 28.5 Å². The molecular weight excluding hydrogens is 364 g/mol. The van der Waals surface area contributed by atoms with Gasteiger partial charge in [-0.25, -0.2) is 0 Å². The van der Waals surface area contributed by atoms with Gasteiger partial charge < -0.3 is 9.47 Å². The maximum Gasteiger partial charge on any atom is 0.219 e. The van der Waals surface area contributed by atoms with E-state index in [1.54, 1.807) is 6.92 Å².